The minimum Gasteiger partial charge on any atom is -0.461 e. The van der Waals surface area contributed by atoms with Gasteiger partial charge >= 0.3 is 11.7 Å². The molecule has 0 fully saturated rings. The maximum absolute atomic E-state index is 11.7. The molecule has 1 heterocycles. The van der Waals surface area contributed by atoms with Gasteiger partial charge in [-0.3, -0.25) is 14.8 Å². The van der Waals surface area contributed by atoms with Crippen molar-refractivity contribution in [1.82, 2.24) is 9.78 Å². The number of hydrogen-bond donors (Lipinski definition) is 0. The van der Waals surface area contributed by atoms with Crippen molar-refractivity contribution >= 4 is 11.7 Å². The van der Waals surface area contributed by atoms with Crippen molar-refractivity contribution in [3.05, 3.63) is 57.9 Å². The molecule has 2 aromatic rings. The fourth-order valence-electron chi connectivity index (χ4n) is 1.89. The van der Waals surface area contributed by atoms with E-state index in [9.17, 15) is 14.9 Å². The minimum atomic E-state index is -0.775. The largest absolute Gasteiger partial charge is 0.461 e. The molecule has 21 heavy (non-hydrogen) atoms. The Morgan fingerprint density at radius 2 is 2.10 bits per heavy atom. The number of aromatic nitrogens is 2. The van der Waals surface area contributed by atoms with Crippen molar-refractivity contribution in [3.8, 4) is 0 Å². The van der Waals surface area contributed by atoms with Crippen LogP contribution in [0.5, 0.6) is 0 Å². The molecule has 1 aromatic heterocycles. The molecule has 7 nitrogen and oxygen atoms in total. The molecule has 0 radical (unpaired) electrons. The quantitative estimate of drug-likeness (QED) is 0.462. The maximum Gasteiger partial charge on any atom is 0.366 e. The van der Waals surface area contributed by atoms with Crippen LogP contribution in [0, 0.1) is 10.1 Å². The Morgan fingerprint density at radius 1 is 1.38 bits per heavy atom. The van der Waals surface area contributed by atoms with Gasteiger partial charge in [0.1, 0.15) is 6.20 Å². The molecule has 0 saturated heterocycles. The van der Waals surface area contributed by atoms with Crippen LogP contribution in [0.4, 0.5) is 5.69 Å². The van der Waals surface area contributed by atoms with E-state index in [1.165, 1.54) is 10.9 Å². The summed E-state index contributed by atoms with van der Waals surface area (Å²) in [5, 5.41) is 14.9. The Labute approximate surface area is 121 Å². The molecule has 0 aliphatic carbocycles. The Bertz CT molecular complexity index is 637. The molecular weight excluding hydrogens is 274 g/mol. The first-order chi connectivity index (χ1) is 10.1. The van der Waals surface area contributed by atoms with Crippen LogP contribution in [0.3, 0.4) is 0 Å². The molecule has 0 amide bonds. The van der Waals surface area contributed by atoms with E-state index in [1.54, 1.807) is 6.92 Å². The van der Waals surface area contributed by atoms with Crippen LogP contribution in [0.1, 0.15) is 23.0 Å². The van der Waals surface area contributed by atoms with E-state index in [2.05, 4.69) is 5.10 Å². The van der Waals surface area contributed by atoms with Gasteiger partial charge in [-0.1, -0.05) is 30.3 Å². The van der Waals surface area contributed by atoms with Gasteiger partial charge in [0.25, 0.3) is 0 Å². The summed E-state index contributed by atoms with van der Waals surface area (Å²) in [4.78, 5) is 22.0. The summed E-state index contributed by atoms with van der Waals surface area (Å²) in [5.41, 5.74) is 0.504. The number of rotatable bonds is 6. The third-order valence-electron chi connectivity index (χ3n) is 2.88. The van der Waals surface area contributed by atoms with Crippen LogP contribution in [0.2, 0.25) is 0 Å². The number of esters is 1. The molecule has 0 saturated carbocycles. The lowest BCUT2D eigenvalue weighted by Gasteiger charge is -2.01. The number of aryl methyl sites for hydroxylation is 2. The zero-order chi connectivity index (χ0) is 15.2. The van der Waals surface area contributed by atoms with Gasteiger partial charge in [-0.05, 0) is 18.9 Å². The lowest BCUT2D eigenvalue weighted by molar-refractivity contribution is -0.385. The molecule has 0 spiro atoms. The molecule has 0 unspecified atom stereocenters. The Kier molecular flexibility index (Phi) is 4.65. The van der Waals surface area contributed by atoms with Gasteiger partial charge in [0, 0.05) is 6.54 Å². The summed E-state index contributed by atoms with van der Waals surface area (Å²) in [6.07, 6.45) is 1.93. The van der Waals surface area contributed by atoms with E-state index < -0.39 is 10.9 Å². The molecule has 110 valence electrons. The van der Waals surface area contributed by atoms with Crippen molar-refractivity contribution in [1.29, 1.82) is 0 Å². The van der Waals surface area contributed by atoms with E-state index >= 15 is 0 Å². The molecular formula is C14H15N3O4. The molecule has 2 rings (SSSR count). The van der Waals surface area contributed by atoms with E-state index in [0.717, 1.165) is 5.56 Å². The van der Waals surface area contributed by atoms with Gasteiger partial charge in [-0.2, -0.15) is 5.10 Å². The van der Waals surface area contributed by atoms with Crippen LogP contribution in [-0.4, -0.2) is 27.3 Å². The topological polar surface area (TPSA) is 87.3 Å². The van der Waals surface area contributed by atoms with Crippen molar-refractivity contribution in [2.75, 3.05) is 6.61 Å². The smallest absolute Gasteiger partial charge is 0.366 e. The Hall–Kier alpha value is -2.70. The fourth-order valence-corrected chi connectivity index (χ4v) is 1.89. The molecule has 7 heteroatoms. The number of nitrogens with zero attached hydrogens (tertiary/aromatic N) is 3. The standard InChI is InChI=1S/C14H15N3O4/c1-2-21-14(18)13-12(17(19)20)10-16(15-13)9-8-11-6-4-3-5-7-11/h3-7,10H,2,8-9H2,1H3. The van der Waals surface area contributed by atoms with Crippen molar-refractivity contribution < 1.29 is 14.5 Å². The van der Waals surface area contributed by atoms with Crippen molar-refractivity contribution in [2.45, 2.75) is 19.9 Å². The van der Waals surface area contributed by atoms with E-state index in [1.807, 2.05) is 30.3 Å². The second-order valence-corrected chi connectivity index (χ2v) is 4.34. The highest BCUT2D eigenvalue weighted by Crippen LogP contribution is 2.18. The maximum atomic E-state index is 11.7. The van der Waals surface area contributed by atoms with Gasteiger partial charge in [0.2, 0.25) is 5.69 Å². The van der Waals surface area contributed by atoms with E-state index in [4.69, 9.17) is 4.74 Å². The van der Waals surface area contributed by atoms with Crippen molar-refractivity contribution in [3.63, 3.8) is 0 Å². The normalized spacial score (nSPS) is 10.3. The number of carbonyl (C=O) groups is 1. The first-order valence-corrected chi connectivity index (χ1v) is 6.54. The third-order valence-corrected chi connectivity index (χ3v) is 2.88. The first-order valence-electron chi connectivity index (χ1n) is 6.54. The molecule has 0 bridgehead atoms. The number of carbonyl (C=O) groups excluding carboxylic acids is 1. The van der Waals surface area contributed by atoms with Crippen molar-refractivity contribution in [2.24, 2.45) is 0 Å². The van der Waals surface area contributed by atoms with Gasteiger partial charge in [0.15, 0.2) is 0 Å². The highest BCUT2D eigenvalue weighted by atomic mass is 16.6. The van der Waals surface area contributed by atoms with E-state index in [0.29, 0.717) is 13.0 Å². The third kappa shape index (κ3) is 3.65. The highest BCUT2D eigenvalue weighted by molar-refractivity contribution is 5.91. The number of benzene rings is 1. The predicted molar refractivity (Wildman–Crippen MR) is 75.0 cm³/mol. The Morgan fingerprint density at radius 3 is 2.71 bits per heavy atom. The average molecular weight is 289 g/mol. The van der Waals surface area contributed by atoms with Crippen LogP contribution < -0.4 is 0 Å². The molecule has 1 aromatic carbocycles. The van der Waals surface area contributed by atoms with E-state index in [-0.39, 0.29) is 18.0 Å². The first kappa shape index (κ1) is 14.7. The van der Waals surface area contributed by atoms with Gasteiger partial charge in [-0.15, -0.1) is 0 Å². The lowest BCUT2D eigenvalue weighted by atomic mass is 10.1. The summed E-state index contributed by atoms with van der Waals surface area (Å²) in [7, 11) is 0. The average Bonchev–Trinajstić information content (AvgIpc) is 2.91. The van der Waals surface area contributed by atoms with Gasteiger partial charge < -0.3 is 4.74 Å². The Balaban J connectivity index is 2.15. The zero-order valence-electron chi connectivity index (χ0n) is 11.6. The predicted octanol–water partition coefficient (Wildman–Crippen LogP) is 2.21. The summed E-state index contributed by atoms with van der Waals surface area (Å²) in [6, 6.07) is 9.69. The molecule has 0 atom stereocenters. The zero-order valence-corrected chi connectivity index (χ0v) is 11.6. The molecule has 0 N–H and O–H groups in total. The van der Waals surface area contributed by atoms with Crippen LogP contribution in [0.25, 0.3) is 0 Å². The van der Waals surface area contributed by atoms with Gasteiger partial charge in [-0.25, -0.2) is 4.79 Å². The summed E-state index contributed by atoms with van der Waals surface area (Å²) in [5.74, 6) is -0.775. The summed E-state index contributed by atoms with van der Waals surface area (Å²) < 4.78 is 6.18. The lowest BCUT2D eigenvalue weighted by Crippen LogP contribution is -2.09. The monoisotopic (exact) mass is 289 g/mol. The number of hydrogen-bond acceptors (Lipinski definition) is 5. The second-order valence-electron chi connectivity index (χ2n) is 4.34. The fraction of sp³-hybridized carbons (Fsp3) is 0.286. The minimum absolute atomic E-state index is 0.146. The van der Waals surface area contributed by atoms with Crippen LogP contribution >= 0.6 is 0 Å². The summed E-state index contributed by atoms with van der Waals surface area (Å²) >= 11 is 0. The SMILES string of the molecule is CCOC(=O)c1nn(CCc2ccccc2)cc1[N+](=O)[O-]. The van der Waals surface area contributed by atoms with Gasteiger partial charge in [0.05, 0.1) is 11.5 Å². The molecule has 0 aliphatic heterocycles. The van der Waals surface area contributed by atoms with Crippen LogP contribution in [0.15, 0.2) is 36.5 Å². The molecule has 0 aliphatic rings. The second kappa shape index (κ2) is 6.65. The number of ether oxygens (including phenoxy) is 1. The highest BCUT2D eigenvalue weighted by Gasteiger charge is 2.26. The number of nitro groups is 1. The summed E-state index contributed by atoms with van der Waals surface area (Å²) in [6.45, 7) is 2.23. The van der Waals surface area contributed by atoms with Crippen LogP contribution in [-0.2, 0) is 17.7 Å².